The van der Waals surface area contributed by atoms with Crippen LogP contribution < -0.4 is 15.5 Å². The van der Waals surface area contributed by atoms with E-state index in [1.165, 1.54) is 0 Å². The van der Waals surface area contributed by atoms with Gasteiger partial charge in [-0.05, 0) is 30.7 Å². The van der Waals surface area contributed by atoms with E-state index in [4.69, 9.17) is 0 Å². The van der Waals surface area contributed by atoms with Gasteiger partial charge >= 0.3 is 0 Å². The van der Waals surface area contributed by atoms with Crippen LogP contribution >= 0.6 is 0 Å². The van der Waals surface area contributed by atoms with Crippen LogP contribution in [0, 0.1) is 5.92 Å². The maximum absolute atomic E-state index is 12.0. The fourth-order valence-electron chi connectivity index (χ4n) is 2.04. The van der Waals surface area contributed by atoms with Gasteiger partial charge in [-0.3, -0.25) is 9.59 Å². The molecule has 19 heavy (non-hydrogen) atoms. The quantitative estimate of drug-likeness (QED) is 0.860. The van der Waals surface area contributed by atoms with Crippen molar-refractivity contribution in [1.29, 1.82) is 0 Å². The van der Waals surface area contributed by atoms with Crippen LogP contribution in [0.1, 0.15) is 12.8 Å². The molecular weight excluding hydrogens is 242 g/mol. The van der Waals surface area contributed by atoms with E-state index in [0.29, 0.717) is 19.4 Å². The highest BCUT2D eigenvalue weighted by molar-refractivity contribution is 5.94. The molecule has 0 spiro atoms. The number of nitrogens with zero attached hydrogens (tertiary/aromatic N) is 1. The fourth-order valence-corrected chi connectivity index (χ4v) is 2.04. The second kappa shape index (κ2) is 5.73. The van der Waals surface area contributed by atoms with Crippen molar-refractivity contribution in [3.63, 3.8) is 0 Å². The molecule has 0 bridgehead atoms. The molecule has 0 aromatic heterocycles. The Morgan fingerprint density at radius 2 is 2.00 bits per heavy atom. The average Bonchev–Trinajstić information content (AvgIpc) is 2.40. The highest BCUT2D eigenvalue weighted by Gasteiger charge is 2.24. The van der Waals surface area contributed by atoms with Crippen molar-refractivity contribution >= 4 is 23.2 Å². The number of hydrogen-bond acceptors (Lipinski definition) is 3. The molecule has 1 unspecified atom stereocenters. The summed E-state index contributed by atoms with van der Waals surface area (Å²) < 4.78 is 0. The van der Waals surface area contributed by atoms with Gasteiger partial charge in [0.05, 0.1) is 5.92 Å². The standard InChI is InChI=1S/C14H19N3O2/c1-17(2)12-6-4-11(5-7-12)16-14(19)10-3-8-13(18)15-9-10/h4-7,10H,3,8-9H2,1-2H3,(H,15,18)(H,16,19). The number of benzene rings is 1. The van der Waals surface area contributed by atoms with Crippen LogP contribution in [0.4, 0.5) is 11.4 Å². The zero-order valence-corrected chi connectivity index (χ0v) is 11.3. The summed E-state index contributed by atoms with van der Waals surface area (Å²) in [4.78, 5) is 25.1. The van der Waals surface area contributed by atoms with Crippen molar-refractivity contribution in [3.8, 4) is 0 Å². The van der Waals surface area contributed by atoms with Gasteiger partial charge in [-0.2, -0.15) is 0 Å². The molecule has 1 atom stereocenters. The predicted octanol–water partition coefficient (Wildman–Crippen LogP) is 1.22. The van der Waals surface area contributed by atoms with E-state index in [1.807, 2.05) is 43.3 Å². The minimum absolute atomic E-state index is 0.0272. The van der Waals surface area contributed by atoms with Crippen LogP contribution in [0.25, 0.3) is 0 Å². The largest absolute Gasteiger partial charge is 0.378 e. The Morgan fingerprint density at radius 1 is 1.32 bits per heavy atom. The molecular formula is C14H19N3O2. The Bertz CT molecular complexity index is 458. The Kier molecular flexibility index (Phi) is 4.04. The number of amides is 2. The van der Waals surface area contributed by atoms with E-state index < -0.39 is 0 Å². The molecule has 1 aliphatic rings. The first kappa shape index (κ1) is 13.4. The van der Waals surface area contributed by atoms with Gasteiger partial charge in [0.15, 0.2) is 0 Å². The summed E-state index contributed by atoms with van der Waals surface area (Å²) in [6.07, 6.45) is 1.05. The van der Waals surface area contributed by atoms with Crippen molar-refractivity contribution in [2.45, 2.75) is 12.8 Å². The number of carbonyl (C=O) groups excluding carboxylic acids is 2. The second-order valence-electron chi connectivity index (χ2n) is 4.97. The molecule has 0 aliphatic carbocycles. The van der Waals surface area contributed by atoms with E-state index in [2.05, 4.69) is 10.6 Å². The number of piperidine rings is 1. The molecule has 1 aromatic rings. The third-order valence-electron chi connectivity index (χ3n) is 3.29. The number of carbonyl (C=O) groups is 2. The third-order valence-corrected chi connectivity index (χ3v) is 3.29. The molecule has 1 aromatic carbocycles. The van der Waals surface area contributed by atoms with E-state index in [0.717, 1.165) is 11.4 Å². The topological polar surface area (TPSA) is 61.4 Å². The molecule has 1 saturated heterocycles. The van der Waals surface area contributed by atoms with Gasteiger partial charge in [0.1, 0.15) is 0 Å². The number of nitrogens with one attached hydrogen (secondary N) is 2. The SMILES string of the molecule is CN(C)c1ccc(NC(=O)C2CCC(=O)NC2)cc1. The molecule has 0 radical (unpaired) electrons. The monoisotopic (exact) mass is 261 g/mol. The lowest BCUT2D eigenvalue weighted by molar-refractivity contribution is -0.126. The first-order chi connectivity index (χ1) is 9.06. The highest BCUT2D eigenvalue weighted by atomic mass is 16.2. The normalized spacial score (nSPS) is 18.6. The zero-order chi connectivity index (χ0) is 13.8. The Hall–Kier alpha value is -2.04. The molecule has 2 N–H and O–H groups in total. The summed E-state index contributed by atoms with van der Waals surface area (Å²) in [6.45, 7) is 0.431. The minimum Gasteiger partial charge on any atom is -0.378 e. The van der Waals surface area contributed by atoms with Gasteiger partial charge in [0.2, 0.25) is 11.8 Å². The van der Waals surface area contributed by atoms with Crippen molar-refractivity contribution in [2.24, 2.45) is 5.92 Å². The van der Waals surface area contributed by atoms with Crippen molar-refractivity contribution in [3.05, 3.63) is 24.3 Å². The van der Waals surface area contributed by atoms with Crippen LogP contribution in [0.2, 0.25) is 0 Å². The van der Waals surface area contributed by atoms with Gasteiger partial charge in [-0.25, -0.2) is 0 Å². The summed E-state index contributed by atoms with van der Waals surface area (Å²) in [7, 11) is 3.94. The summed E-state index contributed by atoms with van der Waals surface area (Å²) in [5.74, 6) is -0.136. The highest BCUT2D eigenvalue weighted by Crippen LogP contribution is 2.18. The van der Waals surface area contributed by atoms with E-state index in [9.17, 15) is 9.59 Å². The van der Waals surface area contributed by atoms with Gasteiger partial charge in [0, 0.05) is 38.4 Å². The first-order valence-electron chi connectivity index (χ1n) is 6.41. The van der Waals surface area contributed by atoms with Crippen LogP contribution in [-0.2, 0) is 9.59 Å². The summed E-state index contributed by atoms with van der Waals surface area (Å²) in [5.41, 5.74) is 1.87. The average molecular weight is 261 g/mol. The summed E-state index contributed by atoms with van der Waals surface area (Å²) >= 11 is 0. The Labute approximate surface area is 113 Å². The Balaban J connectivity index is 1.93. The molecule has 0 saturated carbocycles. The van der Waals surface area contributed by atoms with Crippen LogP contribution in [0.5, 0.6) is 0 Å². The Morgan fingerprint density at radius 3 is 2.53 bits per heavy atom. The van der Waals surface area contributed by atoms with Crippen LogP contribution in [0.3, 0.4) is 0 Å². The van der Waals surface area contributed by atoms with Gasteiger partial charge in [-0.15, -0.1) is 0 Å². The lowest BCUT2D eigenvalue weighted by Crippen LogP contribution is -2.40. The smallest absolute Gasteiger partial charge is 0.229 e. The van der Waals surface area contributed by atoms with Gasteiger partial charge in [-0.1, -0.05) is 0 Å². The second-order valence-corrected chi connectivity index (χ2v) is 4.97. The third kappa shape index (κ3) is 3.47. The van der Waals surface area contributed by atoms with Gasteiger partial charge < -0.3 is 15.5 Å². The number of anilines is 2. The predicted molar refractivity (Wildman–Crippen MR) is 75.1 cm³/mol. The summed E-state index contributed by atoms with van der Waals surface area (Å²) in [6, 6.07) is 7.68. The number of rotatable bonds is 3. The van der Waals surface area contributed by atoms with Crippen molar-refractivity contribution in [2.75, 3.05) is 30.9 Å². The molecule has 5 heteroatoms. The molecule has 2 rings (SSSR count). The van der Waals surface area contributed by atoms with E-state index in [1.54, 1.807) is 0 Å². The van der Waals surface area contributed by atoms with Crippen molar-refractivity contribution in [1.82, 2.24) is 5.32 Å². The molecule has 102 valence electrons. The maximum atomic E-state index is 12.0. The van der Waals surface area contributed by atoms with Crippen molar-refractivity contribution < 1.29 is 9.59 Å². The van der Waals surface area contributed by atoms with E-state index in [-0.39, 0.29) is 17.7 Å². The van der Waals surface area contributed by atoms with Gasteiger partial charge in [0.25, 0.3) is 0 Å². The lowest BCUT2D eigenvalue weighted by Gasteiger charge is -2.21. The minimum atomic E-state index is -0.133. The van der Waals surface area contributed by atoms with Crippen LogP contribution in [-0.4, -0.2) is 32.5 Å². The lowest BCUT2D eigenvalue weighted by atomic mass is 9.98. The zero-order valence-electron chi connectivity index (χ0n) is 11.3. The van der Waals surface area contributed by atoms with Crippen LogP contribution in [0.15, 0.2) is 24.3 Å². The molecule has 1 fully saturated rings. The summed E-state index contributed by atoms with van der Waals surface area (Å²) in [5, 5.41) is 5.60. The van der Waals surface area contributed by atoms with E-state index >= 15 is 0 Å². The number of hydrogen-bond donors (Lipinski definition) is 2. The maximum Gasteiger partial charge on any atom is 0.229 e. The first-order valence-corrected chi connectivity index (χ1v) is 6.41. The molecule has 2 amide bonds. The molecule has 5 nitrogen and oxygen atoms in total. The fraction of sp³-hybridized carbons (Fsp3) is 0.429. The molecule has 1 heterocycles. The molecule has 1 aliphatic heterocycles.